The summed E-state index contributed by atoms with van der Waals surface area (Å²) in [7, 11) is 1.57. The molecule has 0 heterocycles. The number of hydrogen-bond acceptors (Lipinski definition) is 2. The van der Waals surface area contributed by atoms with E-state index < -0.39 is 12.0 Å². The van der Waals surface area contributed by atoms with Gasteiger partial charge in [-0.15, -0.1) is 0 Å². The normalized spacial score (nSPS) is 12.5. The van der Waals surface area contributed by atoms with E-state index in [9.17, 15) is 4.79 Å². The third-order valence-electron chi connectivity index (χ3n) is 1.81. The van der Waals surface area contributed by atoms with Gasteiger partial charge in [0.25, 0.3) is 0 Å². The third-order valence-corrected chi connectivity index (χ3v) is 2.55. The first-order valence-electron chi connectivity index (χ1n) is 3.91. The van der Waals surface area contributed by atoms with Crippen LogP contribution in [0.2, 0.25) is 10.0 Å². The Morgan fingerprint density at radius 3 is 2.50 bits per heavy atom. The Hall–Kier alpha value is -0.770. The summed E-state index contributed by atoms with van der Waals surface area (Å²) < 4.78 is 0. The van der Waals surface area contributed by atoms with Gasteiger partial charge in [-0.25, -0.2) is 0 Å². The Balaban J connectivity index is 3.06. The standard InChI is InChI=1S/C9H9Cl2NO2/c1-12-8(9(13)14)5-2-3-6(10)7(11)4-5/h2-4,8,12H,1H3,(H,13,14). The summed E-state index contributed by atoms with van der Waals surface area (Å²) in [6, 6.07) is 3.99. The maximum Gasteiger partial charge on any atom is 0.325 e. The molecule has 0 saturated carbocycles. The minimum Gasteiger partial charge on any atom is -0.480 e. The van der Waals surface area contributed by atoms with Crippen LogP contribution in [-0.2, 0) is 4.79 Å². The second-order valence-electron chi connectivity index (χ2n) is 2.73. The fraction of sp³-hybridized carbons (Fsp3) is 0.222. The third kappa shape index (κ3) is 2.38. The van der Waals surface area contributed by atoms with Gasteiger partial charge in [-0.1, -0.05) is 29.3 Å². The number of carboxylic acids is 1. The number of halogens is 2. The van der Waals surface area contributed by atoms with Crippen molar-refractivity contribution in [1.29, 1.82) is 0 Å². The van der Waals surface area contributed by atoms with Crippen molar-refractivity contribution < 1.29 is 9.90 Å². The van der Waals surface area contributed by atoms with Crippen molar-refractivity contribution in [1.82, 2.24) is 5.32 Å². The molecule has 1 rings (SSSR count). The average Bonchev–Trinajstić information content (AvgIpc) is 2.11. The summed E-state index contributed by atoms with van der Waals surface area (Å²) in [6.45, 7) is 0. The highest BCUT2D eigenvalue weighted by Gasteiger charge is 2.17. The van der Waals surface area contributed by atoms with Gasteiger partial charge < -0.3 is 10.4 Å². The van der Waals surface area contributed by atoms with Crippen molar-refractivity contribution in [2.45, 2.75) is 6.04 Å². The van der Waals surface area contributed by atoms with Gasteiger partial charge in [0.05, 0.1) is 10.0 Å². The van der Waals surface area contributed by atoms with Crippen LogP contribution in [0.4, 0.5) is 0 Å². The first-order valence-corrected chi connectivity index (χ1v) is 4.67. The number of carbonyl (C=O) groups is 1. The SMILES string of the molecule is CNC(C(=O)O)c1ccc(Cl)c(Cl)c1. The lowest BCUT2D eigenvalue weighted by Gasteiger charge is -2.11. The van der Waals surface area contributed by atoms with Crippen LogP contribution in [0.5, 0.6) is 0 Å². The van der Waals surface area contributed by atoms with E-state index >= 15 is 0 Å². The van der Waals surface area contributed by atoms with Crippen LogP contribution in [0.1, 0.15) is 11.6 Å². The van der Waals surface area contributed by atoms with E-state index in [-0.39, 0.29) is 0 Å². The van der Waals surface area contributed by atoms with E-state index in [4.69, 9.17) is 28.3 Å². The molecule has 1 unspecified atom stereocenters. The number of hydrogen-bond donors (Lipinski definition) is 2. The molecule has 0 aliphatic rings. The first-order chi connectivity index (χ1) is 6.56. The highest BCUT2D eigenvalue weighted by molar-refractivity contribution is 6.42. The predicted molar refractivity (Wildman–Crippen MR) is 55.9 cm³/mol. The van der Waals surface area contributed by atoms with Crippen LogP contribution in [0, 0.1) is 0 Å². The van der Waals surface area contributed by atoms with Crippen LogP contribution in [-0.4, -0.2) is 18.1 Å². The summed E-state index contributed by atoms with van der Waals surface area (Å²) in [5.41, 5.74) is 0.578. The molecule has 0 amide bonds. The van der Waals surface area contributed by atoms with Crippen LogP contribution in [0.25, 0.3) is 0 Å². The molecule has 1 aromatic carbocycles. The van der Waals surface area contributed by atoms with Gasteiger partial charge in [-0.05, 0) is 24.7 Å². The molecule has 0 saturated heterocycles. The molecule has 0 radical (unpaired) electrons. The number of nitrogens with one attached hydrogen (secondary N) is 1. The van der Waals surface area contributed by atoms with Crippen molar-refractivity contribution in [3.8, 4) is 0 Å². The smallest absolute Gasteiger partial charge is 0.325 e. The van der Waals surface area contributed by atoms with Gasteiger partial charge in [0.2, 0.25) is 0 Å². The number of benzene rings is 1. The van der Waals surface area contributed by atoms with Crippen LogP contribution in [0.15, 0.2) is 18.2 Å². The summed E-state index contributed by atoms with van der Waals surface area (Å²) in [5, 5.41) is 12.3. The predicted octanol–water partition coefficient (Wildman–Crippen LogP) is 2.34. The maximum absolute atomic E-state index is 10.8. The van der Waals surface area contributed by atoms with Crippen molar-refractivity contribution >= 4 is 29.2 Å². The molecule has 14 heavy (non-hydrogen) atoms. The minimum atomic E-state index is -0.953. The van der Waals surface area contributed by atoms with E-state index in [1.807, 2.05) is 0 Å². The summed E-state index contributed by atoms with van der Waals surface area (Å²) in [5.74, 6) is -0.953. The molecule has 0 bridgehead atoms. The van der Waals surface area contributed by atoms with E-state index in [0.29, 0.717) is 15.6 Å². The van der Waals surface area contributed by atoms with Crippen molar-refractivity contribution in [2.75, 3.05) is 7.05 Å². The van der Waals surface area contributed by atoms with Crippen molar-refractivity contribution in [3.63, 3.8) is 0 Å². The van der Waals surface area contributed by atoms with Crippen LogP contribution < -0.4 is 5.32 Å². The van der Waals surface area contributed by atoms with Crippen LogP contribution in [0.3, 0.4) is 0 Å². The largest absolute Gasteiger partial charge is 0.480 e. The quantitative estimate of drug-likeness (QED) is 0.843. The van der Waals surface area contributed by atoms with E-state index in [2.05, 4.69) is 5.32 Å². The Bertz CT molecular complexity index is 355. The molecule has 0 aromatic heterocycles. The number of carboxylic acid groups (broad SMARTS) is 1. The highest BCUT2D eigenvalue weighted by atomic mass is 35.5. The fourth-order valence-corrected chi connectivity index (χ4v) is 1.43. The lowest BCUT2D eigenvalue weighted by molar-refractivity contribution is -0.139. The fourth-order valence-electron chi connectivity index (χ4n) is 1.12. The molecule has 3 nitrogen and oxygen atoms in total. The summed E-state index contributed by atoms with van der Waals surface area (Å²) >= 11 is 11.5. The lowest BCUT2D eigenvalue weighted by Crippen LogP contribution is -2.24. The van der Waals surface area contributed by atoms with E-state index in [1.54, 1.807) is 25.2 Å². The Morgan fingerprint density at radius 2 is 2.07 bits per heavy atom. The van der Waals surface area contributed by atoms with Gasteiger partial charge in [0.15, 0.2) is 0 Å². The Morgan fingerprint density at radius 1 is 1.43 bits per heavy atom. The molecule has 1 atom stereocenters. The lowest BCUT2D eigenvalue weighted by atomic mass is 10.1. The number of aliphatic carboxylic acids is 1. The zero-order valence-corrected chi connectivity index (χ0v) is 8.93. The van der Waals surface area contributed by atoms with Gasteiger partial charge >= 0.3 is 5.97 Å². The second kappa shape index (κ2) is 4.64. The topological polar surface area (TPSA) is 49.3 Å². The molecule has 5 heteroatoms. The summed E-state index contributed by atoms with van der Waals surface area (Å²) in [6.07, 6.45) is 0. The maximum atomic E-state index is 10.8. The second-order valence-corrected chi connectivity index (χ2v) is 3.55. The van der Waals surface area contributed by atoms with Gasteiger partial charge in [0, 0.05) is 0 Å². The minimum absolute atomic E-state index is 0.352. The Labute approximate surface area is 91.6 Å². The zero-order chi connectivity index (χ0) is 10.7. The molecule has 2 N–H and O–H groups in total. The monoisotopic (exact) mass is 233 g/mol. The molecular weight excluding hydrogens is 225 g/mol. The number of likely N-dealkylation sites (N-methyl/N-ethyl adjacent to an activating group) is 1. The molecule has 1 aromatic rings. The first kappa shape index (κ1) is 11.3. The molecule has 0 spiro atoms. The molecule has 76 valence electrons. The van der Waals surface area contributed by atoms with E-state index in [0.717, 1.165) is 0 Å². The van der Waals surface area contributed by atoms with Crippen molar-refractivity contribution in [2.24, 2.45) is 0 Å². The van der Waals surface area contributed by atoms with Gasteiger partial charge in [-0.2, -0.15) is 0 Å². The Kier molecular flexibility index (Phi) is 3.75. The molecular formula is C9H9Cl2NO2. The van der Waals surface area contributed by atoms with Crippen molar-refractivity contribution in [3.05, 3.63) is 33.8 Å². The highest BCUT2D eigenvalue weighted by Crippen LogP contribution is 2.25. The molecule has 0 fully saturated rings. The average molecular weight is 234 g/mol. The van der Waals surface area contributed by atoms with Gasteiger partial charge in [-0.3, -0.25) is 4.79 Å². The zero-order valence-electron chi connectivity index (χ0n) is 7.42. The molecule has 0 aliphatic heterocycles. The van der Waals surface area contributed by atoms with Crippen LogP contribution >= 0.6 is 23.2 Å². The van der Waals surface area contributed by atoms with Gasteiger partial charge in [0.1, 0.15) is 6.04 Å². The molecule has 0 aliphatic carbocycles. The summed E-state index contributed by atoms with van der Waals surface area (Å²) in [4.78, 5) is 10.8. The van der Waals surface area contributed by atoms with E-state index in [1.165, 1.54) is 0 Å². The number of rotatable bonds is 3.